The minimum atomic E-state index is -0.605. The van der Waals surface area contributed by atoms with Crippen LogP contribution in [-0.4, -0.2) is 44.9 Å². The second-order valence-corrected chi connectivity index (χ2v) is 5.72. The summed E-state index contributed by atoms with van der Waals surface area (Å²) in [6.07, 6.45) is 0.514. The molecule has 1 fully saturated rings. The number of anilines is 1. The molecule has 1 atom stereocenters. The molecule has 5 nitrogen and oxygen atoms in total. The van der Waals surface area contributed by atoms with Crippen LogP contribution in [0.4, 0.5) is 5.69 Å². The number of morpholine rings is 1. The van der Waals surface area contributed by atoms with Gasteiger partial charge in [-0.2, -0.15) is 0 Å². The summed E-state index contributed by atoms with van der Waals surface area (Å²) in [5, 5.41) is 0. The number of nitrogens with two attached hydrogens (primary N) is 1. The zero-order valence-corrected chi connectivity index (χ0v) is 13.7. The molecule has 0 radical (unpaired) electrons. The van der Waals surface area contributed by atoms with Gasteiger partial charge < -0.3 is 20.1 Å². The van der Waals surface area contributed by atoms with Crippen molar-refractivity contribution in [3.8, 4) is 0 Å². The Labute approximate surface area is 132 Å². The highest BCUT2D eigenvalue weighted by Crippen LogP contribution is 2.25. The van der Waals surface area contributed by atoms with Gasteiger partial charge in [0.05, 0.1) is 19.8 Å². The summed E-state index contributed by atoms with van der Waals surface area (Å²) in [4.78, 5) is 14.0. The number of rotatable bonds is 5. The molecular weight excluding hydrogens is 280 g/mol. The molecule has 1 heterocycles. The van der Waals surface area contributed by atoms with Crippen molar-refractivity contribution in [2.24, 2.45) is 5.73 Å². The number of nitrogens with zero attached hydrogens (tertiary/aromatic N) is 1. The van der Waals surface area contributed by atoms with Crippen molar-refractivity contribution in [3.63, 3.8) is 0 Å². The highest BCUT2D eigenvalue weighted by Gasteiger charge is 2.19. The molecule has 1 saturated heterocycles. The fourth-order valence-electron chi connectivity index (χ4n) is 2.85. The van der Waals surface area contributed by atoms with Crippen molar-refractivity contribution in [2.75, 3.05) is 37.8 Å². The number of hydrogen-bond donors (Lipinski definition) is 1. The van der Waals surface area contributed by atoms with Crippen molar-refractivity contribution >= 4 is 11.7 Å². The third kappa shape index (κ3) is 3.99. The minimum absolute atomic E-state index is 0.335. The molecular formula is C17H26N2O3. The SMILES string of the molecule is CCOC(=O)C(N)Cc1c(C)cc(N2CCOCC2)cc1C. The van der Waals surface area contributed by atoms with Gasteiger partial charge in [0, 0.05) is 18.8 Å². The third-order valence-electron chi connectivity index (χ3n) is 4.07. The predicted octanol–water partition coefficient (Wildman–Crippen LogP) is 1.57. The molecule has 1 aromatic carbocycles. The van der Waals surface area contributed by atoms with E-state index in [2.05, 4.69) is 30.9 Å². The lowest BCUT2D eigenvalue weighted by Gasteiger charge is -2.30. The van der Waals surface area contributed by atoms with Crippen LogP contribution >= 0.6 is 0 Å². The van der Waals surface area contributed by atoms with Gasteiger partial charge in [-0.3, -0.25) is 4.79 Å². The van der Waals surface area contributed by atoms with Gasteiger partial charge in [0.15, 0.2) is 0 Å². The maximum absolute atomic E-state index is 11.7. The second kappa shape index (κ2) is 7.61. The summed E-state index contributed by atoms with van der Waals surface area (Å²) in [6, 6.07) is 3.74. The minimum Gasteiger partial charge on any atom is -0.465 e. The first-order chi connectivity index (χ1) is 10.5. The first-order valence-electron chi connectivity index (χ1n) is 7.88. The van der Waals surface area contributed by atoms with Crippen LogP contribution in [-0.2, 0) is 20.7 Å². The van der Waals surface area contributed by atoms with E-state index in [9.17, 15) is 4.79 Å². The van der Waals surface area contributed by atoms with Crippen LogP contribution in [0.1, 0.15) is 23.6 Å². The van der Waals surface area contributed by atoms with E-state index in [1.54, 1.807) is 6.92 Å². The van der Waals surface area contributed by atoms with Crippen LogP contribution in [0, 0.1) is 13.8 Å². The maximum Gasteiger partial charge on any atom is 0.323 e. The van der Waals surface area contributed by atoms with E-state index in [0.717, 1.165) is 31.9 Å². The Morgan fingerprint density at radius 2 is 1.91 bits per heavy atom. The van der Waals surface area contributed by atoms with E-state index in [-0.39, 0.29) is 5.97 Å². The lowest BCUT2D eigenvalue weighted by molar-refractivity contribution is -0.144. The lowest BCUT2D eigenvalue weighted by atomic mass is 9.95. The smallest absolute Gasteiger partial charge is 0.323 e. The quantitative estimate of drug-likeness (QED) is 0.837. The van der Waals surface area contributed by atoms with Gasteiger partial charge in [-0.15, -0.1) is 0 Å². The topological polar surface area (TPSA) is 64.8 Å². The van der Waals surface area contributed by atoms with Gasteiger partial charge in [-0.05, 0) is 56.0 Å². The summed E-state index contributed by atoms with van der Waals surface area (Å²) in [6.45, 7) is 9.68. The maximum atomic E-state index is 11.7. The summed E-state index contributed by atoms with van der Waals surface area (Å²) in [5.41, 5.74) is 10.6. The van der Waals surface area contributed by atoms with Crippen LogP contribution in [0.5, 0.6) is 0 Å². The first-order valence-corrected chi connectivity index (χ1v) is 7.88. The fraction of sp³-hybridized carbons (Fsp3) is 0.588. The molecule has 122 valence electrons. The van der Waals surface area contributed by atoms with E-state index in [0.29, 0.717) is 13.0 Å². The van der Waals surface area contributed by atoms with Crippen molar-refractivity contribution in [2.45, 2.75) is 33.2 Å². The van der Waals surface area contributed by atoms with Crippen LogP contribution in [0.15, 0.2) is 12.1 Å². The Morgan fingerprint density at radius 3 is 2.45 bits per heavy atom. The van der Waals surface area contributed by atoms with E-state index in [1.165, 1.54) is 16.8 Å². The fourth-order valence-corrected chi connectivity index (χ4v) is 2.85. The summed E-state index contributed by atoms with van der Waals surface area (Å²) in [7, 11) is 0. The molecule has 1 unspecified atom stereocenters. The Bertz CT molecular complexity index is 502. The zero-order chi connectivity index (χ0) is 16.1. The van der Waals surface area contributed by atoms with E-state index in [1.807, 2.05) is 0 Å². The number of carbonyl (C=O) groups is 1. The molecule has 2 rings (SSSR count). The Hall–Kier alpha value is -1.59. The van der Waals surface area contributed by atoms with Crippen molar-refractivity contribution in [1.82, 2.24) is 0 Å². The molecule has 22 heavy (non-hydrogen) atoms. The van der Waals surface area contributed by atoms with Gasteiger partial charge in [-0.1, -0.05) is 0 Å². The Morgan fingerprint density at radius 1 is 1.32 bits per heavy atom. The Kier molecular flexibility index (Phi) is 5.80. The van der Waals surface area contributed by atoms with Crippen LogP contribution in [0.2, 0.25) is 0 Å². The number of hydrogen-bond acceptors (Lipinski definition) is 5. The molecule has 5 heteroatoms. The number of aryl methyl sites for hydroxylation is 2. The van der Waals surface area contributed by atoms with E-state index < -0.39 is 6.04 Å². The van der Waals surface area contributed by atoms with E-state index >= 15 is 0 Å². The van der Waals surface area contributed by atoms with Crippen LogP contribution in [0.25, 0.3) is 0 Å². The monoisotopic (exact) mass is 306 g/mol. The molecule has 0 aliphatic carbocycles. The molecule has 0 spiro atoms. The number of benzene rings is 1. The summed E-state index contributed by atoms with van der Waals surface area (Å²) in [5.74, 6) is -0.335. The van der Waals surface area contributed by atoms with Crippen molar-refractivity contribution < 1.29 is 14.3 Å². The van der Waals surface area contributed by atoms with Gasteiger partial charge in [0.25, 0.3) is 0 Å². The second-order valence-electron chi connectivity index (χ2n) is 5.72. The summed E-state index contributed by atoms with van der Waals surface area (Å²) >= 11 is 0. The average molecular weight is 306 g/mol. The highest BCUT2D eigenvalue weighted by molar-refractivity contribution is 5.76. The number of esters is 1. The van der Waals surface area contributed by atoms with Crippen molar-refractivity contribution in [1.29, 1.82) is 0 Å². The lowest BCUT2D eigenvalue weighted by Crippen LogP contribution is -2.36. The first kappa shape index (κ1) is 16.8. The number of ether oxygens (including phenoxy) is 2. The molecule has 1 aliphatic rings. The van der Waals surface area contributed by atoms with Gasteiger partial charge in [-0.25, -0.2) is 0 Å². The van der Waals surface area contributed by atoms with Gasteiger partial charge in [0.1, 0.15) is 6.04 Å². The molecule has 0 saturated carbocycles. The van der Waals surface area contributed by atoms with Crippen molar-refractivity contribution in [3.05, 3.63) is 28.8 Å². The standard InChI is InChI=1S/C17H26N2O3/c1-4-22-17(20)16(18)11-15-12(2)9-14(10-13(15)3)19-5-7-21-8-6-19/h9-10,16H,4-8,11,18H2,1-3H3. The van der Waals surface area contributed by atoms with Crippen LogP contribution in [0.3, 0.4) is 0 Å². The predicted molar refractivity (Wildman–Crippen MR) is 87.3 cm³/mol. The molecule has 2 N–H and O–H groups in total. The average Bonchev–Trinajstić information content (AvgIpc) is 2.51. The largest absolute Gasteiger partial charge is 0.465 e. The van der Waals surface area contributed by atoms with E-state index in [4.69, 9.17) is 15.2 Å². The molecule has 0 bridgehead atoms. The molecule has 1 aromatic rings. The third-order valence-corrected chi connectivity index (χ3v) is 4.07. The van der Waals surface area contributed by atoms with Gasteiger partial charge >= 0.3 is 5.97 Å². The summed E-state index contributed by atoms with van der Waals surface area (Å²) < 4.78 is 10.4. The normalized spacial score (nSPS) is 16.5. The highest BCUT2D eigenvalue weighted by atomic mass is 16.5. The Balaban J connectivity index is 2.14. The molecule has 0 aromatic heterocycles. The van der Waals surface area contributed by atoms with Gasteiger partial charge in [0.2, 0.25) is 0 Å². The molecule has 0 amide bonds. The number of carbonyl (C=O) groups excluding carboxylic acids is 1. The zero-order valence-electron chi connectivity index (χ0n) is 13.7. The van der Waals surface area contributed by atoms with Crippen LogP contribution < -0.4 is 10.6 Å². The molecule has 1 aliphatic heterocycles.